The maximum absolute atomic E-state index is 10.9. The van der Waals surface area contributed by atoms with Gasteiger partial charge in [-0.3, -0.25) is 0 Å². The van der Waals surface area contributed by atoms with Crippen molar-refractivity contribution in [2.75, 3.05) is 12.0 Å². The molecule has 0 aliphatic heterocycles. The molecule has 1 N–H and O–H groups in total. The van der Waals surface area contributed by atoms with Crippen molar-refractivity contribution < 1.29 is 5.11 Å². The standard InChI is InChI=1S/C15H19NOS3/c1-18-13-8-4-5-9-15(13,17)10-19-14-16-11-6-2-3-7-12(11)20-14/h2-3,6-7,13,17H,4-5,8-10H2,1H3/t13-,15-/m0/s1. The van der Waals surface area contributed by atoms with E-state index in [4.69, 9.17) is 0 Å². The molecule has 20 heavy (non-hydrogen) atoms. The van der Waals surface area contributed by atoms with E-state index in [9.17, 15) is 5.11 Å². The topological polar surface area (TPSA) is 33.1 Å². The smallest absolute Gasteiger partial charge is 0.151 e. The molecule has 0 amide bonds. The van der Waals surface area contributed by atoms with Crippen LogP contribution in [0.1, 0.15) is 25.7 Å². The van der Waals surface area contributed by atoms with E-state index < -0.39 is 5.60 Å². The number of aromatic nitrogens is 1. The number of benzene rings is 1. The second kappa shape index (κ2) is 6.26. The normalized spacial score (nSPS) is 27.0. The van der Waals surface area contributed by atoms with Crippen molar-refractivity contribution in [3.05, 3.63) is 24.3 Å². The molecule has 1 saturated carbocycles. The highest BCUT2D eigenvalue weighted by Crippen LogP contribution is 2.40. The molecule has 2 nitrogen and oxygen atoms in total. The number of hydrogen-bond donors (Lipinski definition) is 1. The minimum atomic E-state index is -0.528. The van der Waals surface area contributed by atoms with Gasteiger partial charge >= 0.3 is 0 Å². The quantitative estimate of drug-likeness (QED) is 0.843. The highest BCUT2D eigenvalue weighted by atomic mass is 32.2. The maximum atomic E-state index is 10.9. The molecule has 1 heterocycles. The molecule has 1 aromatic carbocycles. The zero-order valence-corrected chi connectivity index (χ0v) is 14.0. The van der Waals surface area contributed by atoms with Gasteiger partial charge in [0.2, 0.25) is 0 Å². The van der Waals surface area contributed by atoms with Crippen LogP contribution in [0.2, 0.25) is 0 Å². The molecule has 5 heteroatoms. The number of para-hydroxylation sites is 1. The zero-order chi connectivity index (χ0) is 14.0. The molecule has 1 aliphatic carbocycles. The molecule has 3 rings (SSSR count). The summed E-state index contributed by atoms with van der Waals surface area (Å²) in [6.07, 6.45) is 6.57. The zero-order valence-electron chi connectivity index (χ0n) is 11.5. The van der Waals surface area contributed by atoms with E-state index in [2.05, 4.69) is 23.4 Å². The van der Waals surface area contributed by atoms with E-state index in [1.54, 1.807) is 23.1 Å². The first-order valence-electron chi connectivity index (χ1n) is 6.95. The molecule has 2 atom stereocenters. The van der Waals surface area contributed by atoms with Crippen molar-refractivity contribution >= 4 is 45.1 Å². The van der Waals surface area contributed by atoms with Crippen LogP contribution in [-0.2, 0) is 0 Å². The summed E-state index contributed by atoms with van der Waals surface area (Å²) in [4.78, 5) is 4.64. The monoisotopic (exact) mass is 325 g/mol. The summed E-state index contributed by atoms with van der Waals surface area (Å²) in [5.41, 5.74) is 0.539. The second-order valence-electron chi connectivity index (χ2n) is 5.31. The number of thioether (sulfide) groups is 2. The third-order valence-electron chi connectivity index (χ3n) is 3.93. The van der Waals surface area contributed by atoms with Crippen LogP contribution in [0.3, 0.4) is 0 Å². The minimum absolute atomic E-state index is 0.373. The molecule has 1 aromatic heterocycles. The van der Waals surface area contributed by atoms with Gasteiger partial charge in [-0.15, -0.1) is 11.3 Å². The number of rotatable bonds is 4. The van der Waals surface area contributed by atoms with Crippen molar-refractivity contribution in [1.29, 1.82) is 0 Å². The van der Waals surface area contributed by atoms with E-state index in [0.717, 1.165) is 34.9 Å². The number of fused-ring (bicyclic) bond motifs is 1. The van der Waals surface area contributed by atoms with Crippen LogP contribution >= 0.6 is 34.9 Å². The average molecular weight is 326 g/mol. The first-order valence-corrected chi connectivity index (χ1v) is 10.0. The Hall–Kier alpha value is -0.230. The van der Waals surface area contributed by atoms with Gasteiger partial charge in [0.1, 0.15) is 0 Å². The summed E-state index contributed by atoms with van der Waals surface area (Å²) in [7, 11) is 0. The van der Waals surface area contributed by atoms with Crippen LogP contribution in [0.25, 0.3) is 10.2 Å². The van der Waals surface area contributed by atoms with E-state index in [1.165, 1.54) is 11.1 Å². The fraction of sp³-hybridized carbons (Fsp3) is 0.533. The first kappa shape index (κ1) is 14.7. The Bertz CT molecular complexity index is 552. The average Bonchev–Trinajstić information content (AvgIpc) is 2.89. The molecule has 0 bridgehead atoms. The third kappa shape index (κ3) is 3.01. The third-order valence-corrected chi connectivity index (χ3v) is 7.59. The lowest BCUT2D eigenvalue weighted by molar-refractivity contribution is 0.0341. The van der Waals surface area contributed by atoms with Gasteiger partial charge < -0.3 is 5.11 Å². The summed E-state index contributed by atoms with van der Waals surface area (Å²) in [6, 6.07) is 8.23. The fourth-order valence-corrected chi connectivity index (χ4v) is 6.20. The summed E-state index contributed by atoms with van der Waals surface area (Å²) in [6.45, 7) is 0. The van der Waals surface area contributed by atoms with Crippen LogP contribution in [-0.4, -0.2) is 33.0 Å². The molecule has 0 saturated heterocycles. The molecule has 0 spiro atoms. The van der Waals surface area contributed by atoms with Gasteiger partial charge in [-0.25, -0.2) is 4.98 Å². The van der Waals surface area contributed by atoms with Crippen molar-refractivity contribution in [3.8, 4) is 0 Å². The van der Waals surface area contributed by atoms with Gasteiger partial charge in [-0.1, -0.05) is 36.7 Å². The van der Waals surface area contributed by atoms with Crippen molar-refractivity contribution in [2.45, 2.75) is 40.9 Å². The first-order chi connectivity index (χ1) is 9.71. The highest BCUT2D eigenvalue weighted by molar-refractivity contribution is 8.01. The number of nitrogens with zero attached hydrogens (tertiary/aromatic N) is 1. The molecular weight excluding hydrogens is 306 g/mol. The van der Waals surface area contributed by atoms with E-state index >= 15 is 0 Å². The molecule has 0 unspecified atom stereocenters. The highest BCUT2D eigenvalue weighted by Gasteiger charge is 2.38. The van der Waals surface area contributed by atoms with Crippen molar-refractivity contribution in [1.82, 2.24) is 4.98 Å². The van der Waals surface area contributed by atoms with Crippen LogP contribution in [0.5, 0.6) is 0 Å². The number of thiazole rings is 1. The largest absolute Gasteiger partial charge is 0.388 e. The van der Waals surface area contributed by atoms with Gasteiger partial charge in [0.15, 0.2) is 4.34 Å². The molecule has 0 radical (unpaired) electrons. The van der Waals surface area contributed by atoms with Gasteiger partial charge in [0.05, 0.1) is 15.8 Å². The fourth-order valence-electron chi connectivity index (χ4n) is 2.79. The van der Waals surface area contributed by atoms with E-state index in [-0.39, 0.29) is 0 Å². The molecule has 2 aromatic rings. The van der Waals surface area contributed by atoms with Crippen LogP contribution in [0.15, 0.2) is 28.6 Å². The Morgan fingerprint density at radius 2 is 2.25 bits per heavy atom. The van der Waals surface area contributed by atoms with E-state index in [0.29, 0.717) is 5.25 Å². The molecular formula is C15H19NOS3. The van der Waals surface area contributed by atoms with Crippen LogP contribution < -0.4 is 0 Å². The Morgan fingerprint density at radius 3 is 3.05 bits per heavy atom. The second-order valence-corrected chi connectivity index (χ2v) is 8.60. The summed E-state index contributed by atoms with van der Waals surface area (Å²) < 4.78 is 2.30. The van der Waals surface area contributed by atoms with E-state index in [1.807, 2.05) is 23.9 Å². The van der Waals surface area contributed by atoms with Gasteiger partial charge in [0.25, 0.3) is 0 Å². The van der Waals surface area contributed by atoms with Gasteiger partial charge in [0, 0.05) is 11.0 Å². The van der Waals surface area contributed by atoms with Crippen LogP contribution in [0, 0.1) is 0 Å². The SMILES string of the molecule is CS[C@H]1CCCC[C@]1(O)CSc1nc2ccccc2s1. The van der Waals surface area contributed by atoms with Crippen molar-refractivity contribution in [3.63, 3.8) is 0 Å². The Morgan fingerprint density at radius 1 is 1.40 bits per heavy atom. The lowest BCUT2D eigenvalue weighted by Gasteiger charge is -2.38. The molecule has 1 fully saturated rings. The maximum Gasteiger partial charge on any atom is 0.151 e. The Labute approximate surface area is 132 Å². The predicted octanol–water partition coefficient (Wildman–Crippen LogP) is 4.43. The van der Waals surface area contributed by atoms with Crippen molar-refractivity contribution in [2.24, 2.45) is 0 Å². The number of hydrogen-bond acceptors (Lipinski definition) is 5. The summed E-state index contributed by atoms with van der Waals surface area (Å²) in [5.74, 6) is 0.762. The summed E-state index contributed by atoms with van der Waals surface area (Å²) in [5, 5.41) is 11.3. The summed E-state index contributed by atoms with van der Waals surface area (Å²) >= 11 is 5.25. The molecule has 108 valence electrons. The molecule has 1 aliphatic rings. The van der Waals surface area contributed by atoms with Gasteiger partial charge in [-0.05, 0) is 31.2 Å². The lowest BCUT2D eigenvalue weighted by Crippen LogP contribution is -2.45. The van der Waals surface area contributed by atoms with Crippen LogP contribution in [0.4, 0.5) is 0 Å². The Balaban J connectivity index is 1.71. The number of aliphatic hydroxyl groups is 1. The Kier molecular flexibility index (Phi) is 4.60. The van der Waals surface area contributed by atoms with Gasteiger partial charge in [-0.2, -0.15) is 11.8 Å². The lowest BCUT2D eigenvalue weighted by atomic mass is 9.86. The predicted molar refractivity (Wildman–Crippen MR) is 91.1 cm³/mol. The minimum Gasteiger partial charge on any atom is -0.388 e.